The highest BCUT2D eigenvalue weighted by molar-refractivity contribution is 7.92. The summed E-state index contributed by atoms with van der Waals surface area (Å²) in [6.45, 7) is 2.98. The standard InChI is InChI=1S/C30H32Cl3N3O4S/c1-20-6-5-9-25(16-20)36(41(39,40)26-13-11-23(31)12-14-26)19-29(37)35(18-22-10-15-27(32)28(33)17-22)21(2)30(38)34-24-7-3-4-8-24/h5-6,9-17,21,24H,3-4,7-8,18-19H2,1-2H3,(H,34,38)/t21-/m0/s1. The molecule has 0 radical (unpaired) electrons. The number of sulfonamides is 1. The summed E-state index contributed by atoms with van der Waals surface area (Å²) < 4.78 is 28.8. The predicted octanol–water partition coefficient (Wildman–Crippen LogP) is 6.63. The molecule has 11 heteroatoms. The second-order valence-corrected chi connectivity index (χ2v) is 13.4. The van der Waals surface area contributed by atoms with Gasteiger partial charge >= 0.3 is 0 Å². The molecule has 1 atom stereocenters. The number of rotatable bonds is 10. The fraction of sp³-hybridized carbons (Fsp3) is 0.333. The van der Waals surface area contributed by atoms with E-state index in [1.54, 1.807) is 43.3 Å². The van der Waals surface area contributed by atoms with E-state index in [0.29, 0.717) is 26.3 Å². The highest BCUT2D eigenvalue weighted by Gasteiger charge is 2.33. The first kappa shape index (κ1) is 31.2. The van der Waals surface area contributed by atoms with E-state index >= 15 is 0 Å². The van der Waals surface area contributed by atoms with Crippen LogP contribution in [-0.2, 0) is 26.2 Å². The number of carbonyl (C=O) groups is 2. The first-order valence-corrected chi connectivity index (χ1v) is 15.9. The van der Waals surface area contributed by atoms with Gasteiger partial charge in [0.15, 0.2) is 0 Å². The minimum absolute atomic E-state index is 0.0146. The zero-order valence-corrected chi connectivity index (χ0v) is 25.9. The fourth-order valence-electron chi connectivity index (χ4n) is 4.85. The second kappa shape index (κ2) is 13.5. The number of nitrogens with one attached hydrogen (secondary N) is 1. The Morgan fingerprint density at radius 3 is 2.27 bits per heavy atom. The molecule has 0 saturated heterocycles. The molecule has 1 aliphatic rings. The van der Waals surface area contributed by atoms with Gasteiger partial charge in [-0.15, -0.1) is 0 Å². The lowest BCUT2D eigenvalue weighted by molar-refractivity contribution is -0.139. The van der Waals surface area contributed by atoms with Gasteiger partial charge in [0.1, 0.15) is 12.6 Å². The van der Waals surface area contributed by atoms with Gasteiger partial charge in [0.25, 0.3) is 10.0 Å². The van der Waals surface area contributed by atoms with Crippen molar-refractivity contribution < 1.29 is 18.0 Å². The largest absolute Gasteiger partial charge is 0.352 e. The van der Waals surface area contributed by atoms with Gasteiger partial charge in [0, 0.05) is 17.6 Å². The topological polar surface area (TPSA) is 86.8 Å². The van der Waals surface area contributed by atoms with E-state index in [9.17, 15) is 18.0 Å². The Bertz CT molecular complexity index is 1510. The van der Waals surface area contributed by atoms with E-state index in [1.165, 1.54) is 29.2 Å². The first-order valence-electron chi connectivity index (χ1n) is 13.3. The van der Waals surface area contributed by atoms with Crippen LogP contribution in [-0.4, -0.2) is 43.8 Å². The van der Waals surface area contributed by atoms with Gasteiger partial charge < -0.3 is 10.2 Å². The van der Waals surface area contributed by atoms with Gasteiger partial charge in [-0.25, -0.2) is 8.42 Å². The maximum absolute atomic E-state index is 14.0. The van der Waals surface area contributed by atoms with Crippen molar-refractivity contribution in [1.29, 1.82) is 0 Å². The second-order valence-electron chi connectivity index (χ2n) is 10.2. The van der Waals surface area contributed by atoms with Crippen molar-refractivity contribution in [2.24, 2.45) is 0 Å². The first-order chi connectivity index (χ1) is 19.5. The summed E-state index contributed by atoms with van der Waals surface area (Å²) >= 11 is 18.3. The molecule has 1 saturated carbocycles. The quantitative estimate of drug-likeness (QED) is 0.271. The molecule has 41 heavy (non-hydrogen) atoms. The van der Waals surface area contributed by atoms with Crippen LogP contribution in [0.3, 0.4) is 0 Å². The zero-order chi connectivity index (χ0) is 29.7. The molecule has 7 nitrogen and oxygen atoms in total. The maximum atomic E-state index is 14.0. The van der Waals surface area contributed by atoms with Crippen molar-refractivity contribution >= 4 is 62.3 Å². The summed E-state index contributed by atoms with van der Waals surface area (Å²) in [4.78, 5) is 28.7. The third-order valence-electron chi connectivity index (χ3n) is 7.18. The third-order valence-corrected chi connectivity index (χ3v) is 9.96. The summed E-state index contributed by atoms with van der Waals surface area (Å²) in [5, 5.41) is 4.11. The maximum Gasteiger partial charge on any atom is 0.264 e. The van der Waals surface area contributed by atoms with E-state index < -0.39 is 28.5 Å². The highest BCUT2D eigenvalue weighted by atomic mass is 35.5. The van der Waals surface area contributed by atoms with Gasteiger partial charge in [-0.1, -0.05) is 65.8 Å². The molecule has 0 spiro atoms. The van der Waals surface area contributed by atoms with Crippen molar-refractivity contribution in [3.8, 4) is 0 Å². The summed E-state index contributed by atoms with van der Waals surface area (Å²) in [6.07, 6.45) is 3.86. The molecular formula is C30H32Cl3N3O4S. The van der Waals surface area contributed by atoms with E-state index in [4.69, 9.17) is 34.8 Å². The molecule has 1 aliphatic carbocycles. The Balaban J connectivity index is 1.70. The molecule has 218 valence electrons. The molecule has 3 aromatic carbocycles. The summed E-state index contributed by atoms with van der Waals surface area (Å²) in [5.74, 6) is -0.850. The van der Waals surface area contributed by atoms with Crippen LogP contribution in [0.2, 0.25) is 15.1 Å². The number of anilines is 1. The van der Waals surface area contributed by atoms with Gasteiger partial charge in [-0.2, -0.15) is 0 Å². The Hall–Kier alpha value is -2.78. The number of hydrogen-bond donors (Lipinski definition) is 1. The van der Waals surface area contributed by atoms with Crippen molar-refractivity contribution in [2.75, 3.05) is 10.8 Å². The number of halogens is 3. The van der Waals surface area contributed by atoms with Crippen LogP contribution in [0.15, 0.2) is 71.6 Å². The van der Waals surface area contributed by atoms with Crippen LogP contribution in [0.1, 0.15) is 43.7 Å². The SMILES string of the molecule is Cc1cccc(N(CC(=O)N(Cc2ccc(Cl)c(Cl)c2)[C@@H](C)C(=O)NC2CCCC2)S(=O)(=O)c2ccc(Cl)cc2)c1. The highest BCUT2D eigenvalue weighted by Crippen LogP contribution is 2.28. The number of amides is 2. The lowest BCUT2D eigenvalue weighted by Gasteiger charge is -2.32. The summed E-state index contributed by atoms with van der Waals surface area (Å²) in [7, 11) is -4.18. The van der Waals surface area contributed by atoms with Crippen LogP contribution in [0.25, 0.3) is 0 Å². The van der Waals surface area contributed by atoms with Crippen molar-refractivity contribution in [1.82, 2.24) is 10.2 Å². The van der Waals surface area contributed by atoms with Crippen LogP contribution in [0.5, 0.6) is 0 Å². The number of benzene rings is 3. The average molecular weight is 637 g/mol. The van der Waals surface area contributed by atoms with Gasteiger partial charge in [-0.3, -0.25) is 13.9 Å². The molecule has 1 fully saturated rings. The molecule has 0 aliphatic heterocycles. The van der Waals surface area contributed by atoms with Crippen LogP contribution < -0.4 is 9.62 Å². The minimum atomic E-state index is -4.18. The molecule has 3 aromatic rings. The van der Waals surface area contributed by atoms with Crippen molar-refractivity contribution in [3.63, 3.8) is 0 Å². The molecular weight excluding hydrogens is 605 g/mol. The summed E-state index contributed by atoms with van der Waals surface area (Å²) in [6, 6.07) is 16.8. The number of nitrogens with zero attached hydrogens (tertiary/aromatic N) is 2. The van der Waals surface area contributed by atoms with Crippen LogP contribution in [0.4, 0.5) is 5.69 Å². The normalized spacial score (nSPS) is 14.5. The minimum Gasteiger partial charge on any atom is -0.352 e. The number of hydrogen-bond acceptors (Lipinski definition) is 4. The van der Waals surface area contributed by atoms with E-state index in [2.05, 4.69) is 5.32 Å². The molecule has 2 amide bonds. The lowest BCUT2D eigenvalue weighted by Crippen LogP contribution is -2.52. The molecule has 4 rings (SSSR count). The zero-order valence-electron chi connectivity index (χ0n) is 22.8. The Kier molecular flexibility index (Phi) is 10.2. The molecule has 1 N–H and O–H groups in total. The van der Waals surface area contributed by atoms with Gasteiger partial charge in [0.2, 0.25) is 11.8 Å². The average Bonchev–Trinajstić information content (AvgIpc) is 3.45. The van der Waals surface area contributed by atoms with E-state index in [0.717, 1.165) is 35.6 Å². The van der Waals surface area contributed by atoms with Gasteiger partial charge in [0.05, 0.1) is 20.6 Å². The molecule has 0 bridgehead atoms. The van der Waals surface area contributed by atoms with Crippen LogP contribution >= 0.6 is 34.8 Å². The molecule has 0 aromatic heterocycles. The molecule has 0 unspecified atom stereocenters. The lowest BCUT2D eigenvalue weighted by atomic mass is 10.1. The predicted molar refractivity (Wildman–Crippen MR) is 164 cm³/mol. The number of aryl methyl sites for hydroxylation is 1. The Morgan fingerprint density at radius 1 is 0.951 bits per heavy atom. The molecule has 0 heterocycles. The third kappa shape index (κ3) is 7.74. The Morgan fingerprint density at radius 2 is 1.63 bits per heavy atom. The van der Waals surface area contributed by atoms with Crippen molar-refractivity contribution in [2.45, 2.75) is 63.1 Å². The fourth-order valence-corrected chi connectivity index (χ4v) is 6.71. The number of carbonyl (C=O) groups excluding carboxylic acids is 2. The van der Waals surface area contributed by atoms with Crippen LogP contribution in [0, 0.1) is 6.92 Å². The monoisotopic (exact) mass is 635 g/mol. The van der Waals surface area contributed by atoms with Crippen molar-refractivity contribution in [3.05, 3.63) is 92.9 Å². The summed E-state index contributed by atoms with van der Waals surface area (Å²) in [5.41, 5.74) is 1.80. The van der Waals surface area contributed by atoms with Gasteiger partial charge in [-0.05, 0) is 86.3 Å². The Labute approximate surface area is 256 Å². The van der Waals surface area contributed by atoms with E-state index in [1.807, 2.05) is 13.0 Å². The smallest absolute Gasteiger partial charge is 0.264 e. The van der Waals surface area contributed by atoms with E-state index in [-0.39, 0.29) is 23.4 Å².